The Hall–Kier alpha value is -1.06. The highest BCUT2D eigenvalue weighted by molar-refractivity contribution is 5.43. The largest absolute Gasteiger partial charge is 0.496 e. The first-order valence-corrected chi connectivity index (χ1v) is 5.83. The van der Waals surface area contributed by atoms with Gasteiger partial charge in [0.05, 0.1) is 19.8 Å². The van der Waals surface area contributed by atoms with Crippen LogP contribution in [0.25, 0.3) is 0 Å². The molecule has 0 aromatic heterocycles. The summed E-state index contributed by atoms with van der Waals surface area (Å²) < 4.78 is 10.9. The molecule has 0 amide bonds. The SMILES string of the molecule is CCOCC1NCCc2c(OC)cccc21. The maximum atomic E-state index is 5.50. The van der Waals surface area contributed by atoms with Crippen LogP contribution in [0.2, 0.25) is 0 Å². The Morgan fingerprint density at radius 1 is 1.44 bits per heavy atom. The summed E-state index contributed by atoms with van der Waals surface area (Å²) in [5.41, 5.74) is 2.65. The van der Waals surface area contributed by atoms with Gasteiger partial charge in [-0.15, -0.1) is 0 Å². The Morgan fingerprint density at radius 2 is 2.31 bits per heavy atom. The fourth-order valence-corrected chi connectivity index (χ4v) is 2.23. The van der Waals surface area contributed by atoms with Gasteiger partial charge in [-0.05, 0) is 31.5 Å². The summed E-state index contributed by atoms with van der Waals surface area (Å²) >= 11 is 0. The predicted octanol–water partition coefficient (Wildman–Crippen LogP) is 1.92. The summed E-state index contributed by atoms with van der Waals surface area (Å²) in [5, 5.41) is 3.48. The molecule has 1 heterocycles. The molecule has 2 rings (SSSR count). The zero-order valence-electron chi connectivity index (χ0n) is 9.95. The number of hydrogen-bond donors (Lipinski definition) is 1. The number of benzene rings is 1. The van der Waals surface area contributed by atoms with Crippen molar-refractivity contribution in [3.05, 3.63) is 29.3 Å². The number of methoxy groups -OCH3 is 1. The second kappa shape index (κ2) is 5.32. The van der Waals surface area contributed by atoms with E-state index in [1.54, 1.807) is 7.11 Å². The Bertz CT molecular complexity index is 352. The predicted molar refractivity (Wildman–Crippen MR) is 63.9 cm³/mol. The van der Waals surface area contributed by atoms with Crippen LogP contribution in [0.4, 0.5) is 0 Å². The molecule has 1 aromatic rings. The number of nitrogens with one attached hydrogen (secondary N) is 1. The van der Waals surface area contributed by atoms with Crippen molar-refractivity contribution in [2.45, 2.75) is 19.4 Å². The van der Waals surface area contributed by atoms with E-state index in [0.717, 1.165) is 31.9 Å². The molecule has 3 nitrogen and oxygen atoms in total. The molecular weight excluding hydrogens is 202 g/mol. The second-order valence-electron chi connectivity index (χ2n) is 3.94. The Labute approximate surface area is 96.8 Å². The Balaban J connectivity index is 2.24. The van der Waals surface area contributed by atoms with Gasteiger partial charge in [0.2, 0.25) is 0 Å². The van der Waals surface area contributed by atoms with Crippen molar-refractivity contribution in [3.63, 3.8) is 0 Å². The average molecular weight is 221 g/mol. The average Bonchev–Trinajstić information content (AvgIpc) is 2.35. The molecule has 1 atom stereocenters. The van der Waals surface area contributed by atoms with Crippen LogP contribution in [0, 0.1) is 0 Å². The first kappa shape index (κ1) is 11.4. The lowest BCUT2D eigenvalue weighted by molar-refractivity contribution is 0.121. The van der Waals surface area contributed by atoms with Crippen LogP contribution < -0.4 is 10.1 Å². The van der Waals surface area contributed by atoms with Crippen LogP contribution in [0.15, 0.2) is 18.2 Å². The van der Waals surface area contributed by atoms with Gasteiger partial charge < -0.3 is 14.8 Å². The summed E-state index contributed by atoms with van der Waals surface area (Å²) in [6.45, 7) is 4.51. The third-order valence-corrected chi connectivity index (χ3v) is 3.02. The van der Waals surface area contributed by atoms with Crippen molar-refractivity contribution in [1.29, 1.82) is 0 Å². The smallest absolute Gasteiger partial charge is 0.122 e. The number of fused-ring (bicyclic) bond motifs is 1. The summed E-state index contributed by atoms with van der Waals surface area (Å²) in [6, 6.07) is 6.54. The van der Waals surface area contributed by atoms with Crippen LogP contribution in [0.5, 0.6) is 5.75 Å². The Morgan fingerprint density at radius 3 is 3.06 bits per heavy atom. The molecule has 1 aliphatic rings. The van der Waals surface area contributed by atoms with Gasteiger partial charge in [-0.25, -0.2) is 0 Å². The maximum absolute atomic E-state index is 5.50. The van der Waals surface area contributed by atoms with Crippen molar-refractivity contribution >= 4 is 0 Å². The highest BCUT2D eigenvalue weighted by Crippen LogP contribution is 2.30. The minimum Gasteiger partial charge on any atom is -0.496 e. The zero-order valence-corrected chi connectivity index (χ0v) is 9.95. The van der Waals surface area contributed by atoms with E-state index in [9.17, 15) is 0 Å². The molecule has 1 N–H and O–H groups in total. The lowest BCUT2D eigenvalue weighted by Gasteiger charge is -2.27. The monoisotopic (exact) mass is 221 g/mol. The van der Waals surface area contributed by atoms with E-state index >= 15 is 0 Å². The van der Waals surface area contributed by atoms with Crippen molar-refractivity contribution in [2.24, 2.45) is 0 Å². The molecule has 0 bridgehead atoms. The van der Waals surface area contributed by atoms with Crippen molar-refractivity contribution < 1.29 is 9.47 Å². The van der Waals surface area contributed by atoms with E-state index in [2.05, 4.69) is 11.4 Å². The molecule has 0 spiro atoms. The molecule has 3 heteroatoms. The Kier molecular flexibility index (Phi) is 3.80. The molecule has 0 aliphatic carbocycles. The highest BCUT2D eigenvalue weighted by atomic mass is 16.5. The highest BCUT2D eigenvalue weighted by Gasteiger charge is 2.21. The number of hydrogen-bond acceptors (Lipinski definition) is 3. The number of ether oxygens (including phenoxy) is 2. The van der Waals surface area contributed by atoms with Crippen molar-refractivity contribution in [2.75, 3.05) is 26.9 Å². The molecule has 0 radical (unpaired) electrons. The zero-order chi connectivity index (χ0) is 11.4. The molecule has 1 aromatic carbocycles. The van der Waals surface area contributed by atoms with Gasteiger partial charge in [-0.2, -0.15) is 0 Å². The van der Waals surface area contributed by atoms with Crippen molar-refractivity contribution in [3.8, 4) is 5.75 Å². The van der Waals surface area contributed by atoms with Crippen LogP contribution in [0.1, 0.15) is 24.1 Å². The normalized spacial score (nSPS) is 19.2. The minimum absolute atomic E-state index is 0.304. The van der Waals surface area contributed by atoms with Gasteiger partial charge in [-0.3, -0.25) is 0 Å². The molecule has 0 saturated carbocycles. The lowest BCUT2D eigenvalue weighted by Crippen LogP contribution is -2.33. The van der Waals surface area contributed by atoms with Crippen molar-refractivity contribution in [1.82, 2.24) is 5.32 Å². The standard InChI is InChI=1S/C13H19NO2/c1-3-16-9-12-10-5-4-6-13(15-2)11(10)7-8-14-12/h4-6,12,14H,3,7-9H2,1-2H3. The van der Waals surface area contributed by atoms with E-state index in [1.807, 2.05) is 19.1 Å². The molecule has 0 fully saturated rings. The first-order chi connectivity index (χ1) is 7.86. The minimum atomic E-state index is 0.304. The second-order valence-corrected chi connectivity index (χ2v) is 3.94. The topological polar surface area (TPSA) is 30.5 Å². The van der Waals surface area contributed by atoms with E-state index in [4.69, 9.17) is 9.47 Å². The van der Waals surface area contributed by atoms with Crippen LogP contribution >= 0.6 is 0 Å². The molecule has 16 heavy (non-hydrogen) atoms. The third-order valence-electron chi connectivity index (χ3n) is 3.02. The summed E-state index contributed by atoms with van der Waals surface area (Å²) in [7, 11) is 1.73. The fraction of sp³-hybridized carbons (Fsp3) is 0.538. The molecule has 0 saturated heterocycles. The van der Waals surface area contributed by atoms with Gasteiger partial charge in [0.1, 0.15) is 5.75 Å². The fourth-order valence-electron chi connectivity index (χ4n) is 2.23. The third kappa shape index (κ3) is 2.20. The van der Waals surface area contributed by atoms with Gasteiger partial charge >= 0.3 is 0 Å². The van der Waals surface area contributed by atoms with E-state index < -0.39 is 0 Å². The molecule has 1 aliphatic heterocycles. The van der Waals surface area contributed by atoms with Gasteiger partial charge in [-0.1, -0.05) is 12.1 Å². The van der Waals surface area contributed by atoms with Gasteiger partial charge in [0, 0.05) is 12.2 Å². The lowest BCUT2D eigenvalue weighted by atomic mass is 9.94. The van der Waals surface area contributed by atoms with Gasteiger partial charge in [0.25, 0.3) is 0 Å². The first-order valence-electron chi connectivity index (χ1n) is 5.83. The summed E-state index contributed by atoms with van der Waals surface area (Å²) in [6.07, 6.45) is 1.03. The summed E-state index contributed by atoms with van der Waals surface area (Å²) in [4.78, 5) is 0. The number of rotatable bonds is 4. The van der Waals surface area contributed by atoms with Gasteiger partial charge in [0.15, 0.2) is 0 Å². The van der Waals surface area contributed by atoms with Crippen LogP contribution in [-0.2, 0) is 11.2 Å². The molecular formula is C13H19NO2. The molecule has 88 valence electrons. The van der Waals surface area contributed by atoms with E-state index in [0.29, 0.717) is 6.04 Å². The molecule has 1 unspecified atom stereocenters. The summed E-state index contributed by atoms with van der Waals surface area (Å²) in [5.74, 6) is 1.00. The maximum Gasteiger partial charge on any atom is 0.122 e. The van der Waals surface area contributed by atoms with Crippen LogP contribution in [-0.4, -0.2) is 26.9 Å². The quantitative estimate of drug-likeness (QED) is 0.842. The van der Waals surface area contributed by atoms with E-state index in [1.165, 1.54) is 11.1 Å². The van der Waals surface area contributed by atoms with Crippen LogP contribution in [0.3, 0.4) is 0 Å². The van der Waals surface area contributed by atoms with E-state index in [-0.39, 0.29) is 0 Å².